The van der Waals surface area contributed by atoms with Crippen LogP contribution >= 0.6 is 0 Å². The predicted octanol–water partition coefficient (Wildman–Crippen LogP) is 1.66. The van der Waals surface area contributed by atoms with Crippen molar-refractivity contribution in [3.05, 3.63) is 11.6 Å². The minimum atomic E-state index is -0.244. The number of hydrogen-bond donors (Lipinski definition) is 1. The number of esters is 1. The van der Waals surface area contributed by atoms with Crippen LogP contribution in [0.15, 0.2) is 11.6 Å². The van der Waals surface area contributed by atoms with Crippen LogP contribution in [0.5, 0.6) is 0 Å². The lowest BCUT2D eigenvalue weighted by atomic mass is 10.2. The number of allylic oxidation sites excluding steroid dienone is 1. The van der Waals surface area contributed by atoms with Crippen molar-refractivity contribution in [2.24, 2.45) is 0 Å². The number of unbranched alkanes of at least 4 members (excludes halogenated alkanes) is 2. The molecular formula is C10H18O3. The Kier molecular flexibility index (Phi) is 7.30. The second-order valence-corrected chi connectivity index (χ2v) is 2.89. The molecule has 0 atom stereocenters. The second-order valence-electron chi connectivity index (χ2n) is 2.89. The molecule has 0 bridgehead atoms. The summed E-state index contributed by atoms with van der Waals surface area (Å²) in [4.78, 5) is 11.1. The topological polar surface area (TPSA) is 46.5 Å². The normalized spacial score (nSPS) is 11.5. The van der Waals surface area contributed by atoms with E-state index < -0.39 is 0 Å². The van der Waals surface area contributed by atoms with Crippen molar-refractivity contribution in [2.45, 2.75) is 33.1 Å². The highest BCUT2D eigenvalue weighted by Crippen LogP contribution is 1.99. The molecule has 0 amide bonds. The standard InChI is InChI=1S/C10H18O3/c1-3-9(2)10(12)13-8-6-4-5-7-11/h3,11H,4-8H2,1-2H3. The van der Waals surface area contributed by atoms with E-state index in [1.165, 1.54) is 0 Å². The van der Waals surface area contributed by atoms with Gasteiger partial charge in [0.25, 0.3) is 0 Å². The highest BCUT2D eigenvalue weighted by atomic mass is 16.5. The first-order valence-electron chi connectivity index (χ1n) is 4.63. The molecule has 0 aromatic rings. The van der Waals surface area contributed by atoms with Crippen molar-refractivity contribution in [2.75, 3.05) is 13.2 Å². The number of carbonyl (C=O) groups excluding carboxylic acids is 1. The van der Waals surface area contributed by atoms with Gasteiger partial charge in [-0.05, 0) is 33.1 Å². The van der Waals surface area contributed by atoms with Crippen LogP contribution in [-0.2, 0) is 9.53 Å². The fraction of sp³-hybridized carbons (Fsp3) is 0.700. The molecule has 0 aromatic carbocycles. The summed E-state index contributed by atoms with van der Waals surface area (Å²) in [5.41, 5.74) is 0.641. The van der Waals surface area contributed by atoms with E-state index in [9.17, 15) is 4.79 Å². The molecule has 0 aliphatic rings. The van der Waals surface area contributed by atoms with Crippen LogP contribution in [0.25, 0.3) is 0 Å². The number of hydrogen-bond acceptors (Lipinski definition) is 3. The maximum absolute atomic E-state index is 11.1. The third kappa shape index (κ3) is 6.34. The average Bonchev–Trinajstić information content (AvgIpc) is 2.16. The maximum Gasteiger partial charge on any atom is 0.333 e. The smallest absolute Gasteiger partial charge is 0.333 e. The van der Waals surface area contributed by atoms with Crippen LogP contribution in [0.1, 0.15) is 33.1 Å². The van der Waals surface area contributed by atoms with Crippen molar-refractivity contribution in [3.63, 3.8) is 0 Å². The van der Waals surface area contributed by atoms with Gasteiger partial charge in [0.15, 0.2) is 0 Å². The van der Waals surface area contributed by atoms with E-state index in [4.69, 9.17) is 9.84 Å². The number of ether oxygens (including phenoxy) is 1. The van der Waals surface area contributed by atoms with Crippen molar-refractivity contribution >= 4 is 5.97 Å². The van der Waals surface area contributed by atoms with Gasteiger partial charge in [0.05, 0.1) is 6.61 Å². The van der Waals surface area contributed by atoms with Crippen molar-refractivity contribution in [1.82, 2.24) is 0 Å². The number of carbonyl (C=O) groups is 1. The summed E-state index contributed by atoms with van der Waals surface area (Å²) in [6, 6.07) is 0. The van der Waals surface area contributed by atoms with Gasteiger partial charge in [-0.15, -0.1) is 0 Å². The highest BCUT2D eigenvalue weighted by Gasteiger charge is 2.02. The first-order valence-corrected chi connectivity index (χ1v) is 4.63. The largest absolute Gasteiger partial charge is 0.462 e. The van der Waals surface area contributed by atoms with E-state index in [0.29, 0.717) is 12.2 Å². The summed E-state index contributed by atoms with van der Waals surface area (Å²) in [6.07, 6.45) is 4.23. The molecule has 1 N–H and O–H groups in total. The molecule has 76 valence electrons. The van der Waals surface area contributed by atoms with E-state index >= 15 is 0 Å². The molecule has 0 rings (SSSR count). The van der Waals surface area contributed by atoms with Crippen LogP contribution in [0.2, 0.25) is 0 Å². The minimum Gasteiger partial charge on any atom is -0.462 e. The van der Waals surface area contributed by atoms with Crippen molar-refractivity contribution < 1.29 is 14.6 Å². The Bertz CT molecular complexity index is 173. The fourth-order valence-electron chi connectivity index (χ4n) is 0.787. The zero-order valence-corrected chi connectivity index (χ0v) is 8.38. The van der Waals surface area contributed by atoms with Gasteiger partial charge in [-0.2, -0.15) is 0 Å². The van der Waals surface area contributed by atoms with E-state index in [-0.39, 0.29) is 12.6 Å². The SMILES string of the molecule is CC=C(C)C(=O)OCCCCCO. The molecule has 0 fully saturated rings. The summed E-state index contributed by atoms with van der Waals surface area (Å²) in [5, 5.41) is 8.48. The molecular weight excluding hydrogens is 168 g/mol. The molecule has 3 nitrogen and oxygen atoms in total. The Balaban J connectivity index is 3.38. The quantitative estimate of drug-likeness (QED) is 0.390. The summed E-state index contributed by atoms with van der Waals surface area (Å²) < 4.78 is 4.95. The zero-order chi connectivity index (χ0) is 10.1. The molecule has 0 heterocycles. The second kappa shape index (κ2) is 7.80. The predicted molar refractivity (Wildman–Crippen MR) is 51.3 cm³/mol. The molecule has 0 unspecified atom stereocenters. The summed E-state index contributed by atoms with van der Waals surface area (Å²) in [6.45, 7) is 4.20. The first-order chi connectivity index (χ1) is 6.22. The molecule has 3 heteroatoms. The van der Waals surface area contributed by atoms with E-state index in [0.717, 1.165) is 19.3 Å². The Morgan fingerprint density at radius 2 is 2.08 bits per heavy atom. The van der Waals surface area contributed by atoms with Gasteiger partial charge in [0, 0.05) is 12.2 Å². The minimum absolute atomic E-state index is 0.210. The maximum atomic E-state index is 11.1. The number of aliphatic hydroxyl groups excluding tert-OH is 1. The Morgan fingerprint density at radius 3 is 2.62 bits per heavy atom. The Labute approximate surface area is 79.4 Å². The van der Waals surface area contributed by atoms with Crippen molar-refractivity contribution in [1.29, 1.82) is 0 Å². The monoisotopic (exact) mass is 186 g/mol. The van der Waals surface area contributed by atoms with Gasteiger partial charge in [-0.25, -0.2) is 4.79 Å². The van der Waals surface area contributed by atoms with Crippen LogP contribution < -0.4 is 0 Å². The van der Waals surface area contributed by atoms with Crippen molar-refractivity contribution in [3.8, 4) is 0 Å². The molecule has 0 aliphatic heterocycles. The molecule has 0 aromatic heterocycles. The van der Waals surface area contributed by atoms with Crippen LogP contribution in [0, 0.1) is 0 Å². The molecule has 0 spiro atoms. The van der Waals surface area contributed by atoms with Gasteiger partial charge >= 0.3 is 5.97 Å². The lowest BCUT2D eigenvalue weighted by Gasteiger charge is -2.03. The molecule has 0 saturated carbocycles. The summed E-state index contributed by atoms with van der Waals surface area (Å²) >= 11 is 0. The summed E-state index contributed by atoms with van der Waals surface area (Å²) in [7, 11) is 0. The zero-order valence-electron chi connectivity index (χ0n) is 8.38. The third-order valence-electron chi connectivity index (χ3n) is 1.79. The van der Waals surface area contributed by atoms with Gasteiger partial charge < -0.3 is 9.84 Å². The lowest BCUT2D eigenvalue weighted by Crippen LogP contribution is -2.06. The fourth-order valence-corrected chi connectivity index (χ4v) is 0.787. The van der Waals surface area contributed by atoms with Gasteiger partial charge in [-0.3, -0.25) is 0 Å². The van der Waals surface area contributed by atoms with E-state index in [2.05, 4.69) is 0 Å². The van der Waals surface area contributed by atoms with E-state index in [1.54, 1.807) is 13.0 Å². The molecule has 0 radical (unpaired) electrons. The Hall–Kier alpha value is -0.830. The van der Waals surface area contributed by atoms with Gasteiger partial charge in [-0.1, -0.05) is 6.08 Å². The van der Waals surface area contributed by atoms with E-state index in [1.807, 2.05) is 6.92 Å². The molecule has 13 heavy (non-hydrogen) atoms. The number of rotatable bonds is 6. The molecule has 0 saturated heterocycles. The summed E-state index contributed by atoms with van der Waals surface area (Å²) in [5.74, 6) is -0.244. The van der Waals surface area contributed by atoms with Gasteiger partial charge in [0.2, 0.25) is 0 Å². The third-order valence-corrected chi connectivity index (χ3v) is 1.79. The molecule has 0 aliphatic carbocycles. The van der Waals surface area contributed by atoms with Gasteiger partial charge in [0.1, 0.15) is 0 Å². The first kappa shape index (κ1) is 12.2. The average molecular weight is 186 g/mol. The lowest BCUT2D eigenvalue weighted by molar-refractivity contribution is -0.139. The van der Waals surface area contributed by atoms with Crippen LogP contribution in [0.4, 0.5) is 0 Å². The van der Waals surface area contributed by atoms with Crippen LogP contribution in [-0.4, -0.2) is 24.3 Å². The Morgan fingerprint density at radius 1 is 1.38 bits per heavy atom. The highest BCUT2D eigenvalue weighted by molar-refractivity contribution is 5.87. The number of aliphatic hydroxyl groups is 1. The van der Waals surface area contributed by atoms with Crippen LogP contribution in [0.3, 0.4) is 0 Å².